The fourth-order valence-electron chi connectivity index (χ4n) is 1.24. The topological polar surface area (TPSA) is 32.3 Å². The van der Waals surface area contributed by atoms with E-state index in [9.17, 15) is 5.11 Å². The van der Waals surface area contributed by atoms with Gasteiger partial charge in [0.2, 0.25) is 0 Å². The Morgan fingerprint density at radius 2 is 2.06 bits per heavy atom. The van der Waals surface area contributed by atoms with Gasteiger partial charge >= 0.3 is 0 Å². The molecule has 2 nitrogen and oxygen atoms in total. The largest absolute Gasteiger partial charge is 0.396 e. The molecule has 0 aliphatic heterocycles. The van der Waals surface area contributed by atoms with Crippen LogP contribution < -0.4 is 5.32 Å². The van der Waals surface area contributed by atoms with E-state index in [0.717, 1.165) is 12.1 Å². The van der Waals surface area contributed by atoms with E-state index in [1.807, 2.05) is 19.1 Å². The van der Waals surface area contributed by atoms with Gasteiger partial charge in [-0.05, 0) is 18.6 Å². The summed E-state index contributed by atoms with van der Waals surface area (Å²) >= 11 is 12.0. The van der Waals surface area contributed by atoms with E-state index in [1.54, 1.807) is 6.07 Å². The van der Waals surface area contributed by atoms with Crippen molar-refractivity contribution in [1.82, 2.24) is 0 Å². The fourth-order valence-corrected chi connectivity index (χ4v) is 1.61. The summed E-state index contributed by atoms with van der Waals surface area (Å²) in [5, 5.41) is 13.6. The van der Waals surface area contributed by atoms with Gasteiger partial charge in [0.15, 0.2) is 0 Å². The maximum atomic E-state index is 9.29. The SMILES string of the molecule is CCC(C)(CO)CNc1cccc(Cl)c1Cl. The van der Waals surface area contributed by atoms with Crippen molar-refractivity contribution < 1.29 is 5.11 Å². The van der Waals surface area contributed by atoms with Crippen LogP contribution in [0.3, 0.4) is 0 Å². The predicted molar refractivity (Wildman–Crippen MR) is 70.4 cm³/mol. The van der Waals surface area contributed by atoms with Crippen LogP contribution >= 0.6 is 23.2 Å². The molecule has 0 aliphatic rings. The van der Waals surface area contributed by atoms with Gasteiger partial charge in [0.1, 0.15) is 0 Å². The van der Waals surface area contributed by atoms with Crippen LogP contribution in [-0.4, -0.2) is 18.3 Å². The molecule has 1 aromatic carbocycles. The molecule has 0 amide bonds. The zero-order valence-electron chi connectivity index (χ0n) is 9.56. The van der Waals surface area contributed by atoms with E-state index in [1.165, 1.54) is 0 Å². The predicted octanol–water partition coefficient (Wildman–Crippen LogP) is 3.81. The number of rotatable bonds is 5. The average molecular weight is 262 g/mol. The summed E-state index contributed by atoms with van der Waals surface area (Å²) in [6, 6.07) is 5.47. The molecule has 16 heavy (non-hydrogen) atoms. The highest BCUT2D eigenvalue weighted by Gasteiger charge is 2.21. The molecule has 90 valence electrons. The minimum absolute atomic E-state index is 0.133. The second-order valence-corrected chi connectivity index (χ2v) is 5.06. The maximum absolute atomic E-state index is 9.29. The van der Waals surface area contributed by atoms with E-state index in [-0.39, 0.29) is 12.0 Å². The van der Waals surface area contributed by atoms with Crippen molar-refractivity contribution in [2.24, 2.45) is 5.41 Å². The zero-order valence-corrected chi connectivity index (χ0v) is 11.1. The van der Waals surface area contributed by atoms with Gasteiger partial charge in [-0.3, -0.25) is 0 Å². The van der Waals surface area contributed by atoms with Gasteiger partial charge in [-0.15, -0.1) is 0 Å². The Morgan fingerprint density at radius 1 is 1.38 bits per heavy atom. The van der Waals surface area contributed by atoms with E-state index in [0.29, 0.717) is 16.6 Å². The molecule has 0 radical (unpaired) electrons. The number of hydrogen-bond acceptors (Lipinski definition) is 2. The van der Waals surface area contributed by atoms with E-state index >= 15 is 0 Å². The molecule has 0 heterocycles. The zero-order chi connectivity index (χ0) is 12.2. The minimum atomic E-state index is -0.133. The Morgan fingerprint density at radius 3 is 2.62 bits per heavy atom. The number of halogens is 2. The Bertz CT molecular complexity index is 351. The van der Waals surface area contributed by atoms with Crippen LogP contribution in [0.15, 0.2) is 18.2 Å². The highest BCUT2D eigenvalue weighted by Crippen LogP contribution is 2.30. The van der Waals surface area contributed by atoms with Gasteiger partial charge in [0, 0.05) is 12.0 Å². The second kappa shape index (κ2) is 5.76. The van der Waals surface area contributed by atoms with Gasteiger partial charge in [-0.1, -0.05) is 43.1 Å². The minimum Gasteiger partial charge on any atom is -0.396 e. The number of hydrogen-bond donors (Lipinski definition) is 2. The highest BCUT2D eigenvalue weighted by molar-refractivity contribution is 6.43. The highest BCUT2D eigenvalue weighted by atomic mass is 35.5. The molecule has 0 saturated heterocycles. The number of anilines is 1. The normalized spacial score (nSPS) is 14.6. The molecule has 0 fully saturated rings. The molecule has 0 saturated carbocycles. The smallest absolute Gasteiger partial charge is 0.0823 e. The van der Waals surface area contributed by atoms with Crippen molar-refractivity contribution in [1.29, 1.82) is 0 Å². The summed E-state index contributed by atoms with van der Waals surface area (Å²) < 4.78 is 0. The Balaban J connectivity index is 2.71. The summed E-state index contributed by atoms with van der Waals surface area (Å²) in [7, 11) is 0. The number of aliphatic hydroxyl groups excluding tert-OH is 1. The summed E-state index contributed by atoms with van der Waals surface area (Å²) in [6.07, 6.45) is 0.898. The number of aliphatic hydroxyl groups is 1. The fraction of sp³-hybridized carbons (Fsp3) is 0.500. The van der Waals surface area contributed by atoms with Crippen molar-refractivity contribution in [3.8, 4) is 0 Å². The summed E-state index contributed by atoms with van der Waals surface area (Å²) in [6.45, 7) is 4.89. The first-order valence-electron chi connectivity index (χ1n) is 5.31. The van der Waals surface area contributed by atoms with Crippen molar-refractivity contribution in [3.63, 3.8) is 0 Å². The number of nitrogens with one attached hydrogen (secondary N) is 1. The quantitative estimate of drug-likeness (QED) is 0.845. The first-order chi connectivity index (χ1) is 7.52. The lowest BCUT2D eigenvalue weighted by atomic mass is 9.88. The first-order valence-corrected chi connectivity index (χ1v) is 6.07. The molecular weight excluding hydrogens is 245 g/mol. The number of benzene rings is 1. The molecule has 0 aliphatic carbocycles. The molecule has 0 spiro atoms. The lowest BCUT2D eigenvalue weighted by Crippen LogP contribution is -2.29. The third-order valence-electron chi connectivity index (χ3n) is 2.89. The molecule has 1 unspecified atom stereocenters. The van der Waals surface area contributed by atoms with Crippen molar-refractivity contribution in [2.45, 2.75) is 20.3 Å². The van der Waals surface area contributed by atoms with Crippen molar-refractivity contribution in [2.75, 3.05) is 18.5 Å². The van der Waals surface area contributed by atoms with Crippen LogP contribution in [0.5, 0.6) is 0 Å². The van der Waals surface area contributed by atoms with Gasteiger partial charge in [-0.25, -0.2) is 0 Å². The average Bonchev–Trinajstić information content (AvgIpc) is 2.31. The Kier molecular flexibility index (Phi) is 4.90. The molecule has 1 rings (SSSR count). The van der Waals surface area contributed by atoms with Crippen molar-refractivity contribution in [3.05, 3.63) is 28.2 Å². The van der Waals surface area contributed by atoms with Crippen LogP contribution in [0.2, 0.25) is 10.0 Å². The van der Waals surface area contributed by atoms with Crippen molar-refractivity contribution >= 4 is 28.9 Å². The Labute approximate surface area is 107 Å². The van der Waals surface area contributed by atoms with Gasteiger partial charge in [0.05, 0.1) is 22.3 Å². The third-order valence-corrected chi connectivity index (χ3v) is 3.71. The standard InChI is InChI=1S/C12H17Cl2NO/c1-3-12(2,8-16)7-15-10-6-4-5-9(13)11(10)14/h4-6,15-16H,3,7-8H2,1-2H3. The van der Waals surface area contributed by atoms with Crippen LogP contribution in [0.25, 0.3) is 0 Å². The summed E-state index contributed by atoms with van der Waals surface area (Å²) in [5.41, 5.74) is 0.674. The lowest BCUT2D eigenvalue weighted by molar-refractivity contribution is 0.149. The van der Waals surface area contributed by atoms with E-state index in [4.69, 9.17) is 23.2 Å². The molecule has 1 aromatic rings. The van der Waals surface area contributed by atoms with Crippen LogP contribution in [-0.2, 0) is 0 Å². The van der Waals surface area contributed by atoms with Crippen LogP contribution in [0.4, 0.5) is 5.69 Å². The molecule has 0 bridgehead atoms. The van der Waals surface area contributed by atoms with Crippen LogP contribution in [0, 0.1) is 5.41 Å². The summed E-state index contributed by atoms with van der Waals surface area (Å²) in [4.78, 5) is 0. The lowest BCUT2D eigenvalue weighted by Gasteiger charge is -2.26. The molecule has 2 N–H and O–H groups in total. The Hall–Kier alpha value is -0.440. The van der Waals surface area contributed by atoms with Gasteiger partial charge in [0.25, 0.3) is 0 Å². The van der Waals surface area contributed by atoms with E-state index in [2.05, 4.69) is 12.2 Å². The molecular formula is C12H17Cl2NO. The summed E-state index contributed by atoms with van der Waals surface area (Å²) in [5.74, 6) is 0. The van der Waals surface area contributed by atoms with Gasteiger partial charge in [-0.2, -0.15) is 0 Å². The molecule has 0 aromatic heterocycles. The first kappa shape index (κ1) is 13.6. The van der Waals surface area contributed by atoms with Gasteiger partial charge < -0.3 is 10.4 Å². The maximum Gasteiger partial charge on any atom is 0.0823 e. The monoisotopic (exact) mass is 261 g/mol. The third kappa shape index (κ3) is 3.27. The van der Waals surface area contributed by atoms with E-state index < -0.39 is 0 Å². The molecule has 4 heteroatoms. The molecule has 1 atom stereocenters. The second-order valence-electron chi connectivity index (χ2n) is 4.28. The van der Waals surface area contributed by atoms with Crippen LogP contribution in [0.1, 0.15) is 20.3 Å².